The highest BCUT2D eigenvalue weighted by Crippen LogP contribution is 2.66. The summed E-state index contributed by atoms with van der Waals surface area (Å²) < 4.78 is 22.7. The summed E-state index contributed by atoms with van der Waals surface area (Å²) in [6.07, 6.45) is 5.67. The molecule has 0 unspecified atom stereocenters. The van der Waals surface area contributed by atoms with Gasteiger partial charge >= 0.3 is 0 Å². The number of aromatic nitrogens is 1. The number of pyridine rings is 1. The van der Waals surface area contributed by atoms with E-state index in [1.54, 1.807) is 30.4 Å². The first kappa shape index (κ1) is 16.4. The number of allylic oxidation sites excluding steroid dienone is 4. The van der Waals surface area contributed by atoms with Crippen molar-refractivity contribution in [3.8, 4) is 0 Å². The van der Waals surface area contributed by atoms with Gasteiger partial charge in [-0.1, -0.05) is 18.2 Å². The number of nitrogens with one attached hydrogen (secondary N) is 1. The lowest BCUT2D eigenvalue weighted by atomic mass is 10.0. The van der Waals surface area contributed by atoms with E-state index in [9.17, 15) is 19.0 Å². The van der Waals surface area contributed by atoms with Crippen molar-refractivity contribution in [3.05, 3.63) is 58.5 Å². The van der Waals surface area contributed by atoms with Gasteiger partial charge in [-0.25, -0.2) is 4.98 Å². The molecular weight excluding hydrogens is 330 g/mol. The molecule has 0 radical (unpaired) electrons. The zero-order valence-electron chi connectivity index (χ0n) is 13.1. The average Bonchev–Trinajstić information content (AvgIpc) is 2.54. The molecule has 128 valence electrons. The van der Waals surface area contributed by atoms with Crippen LogP contribution in [-0.4, -0.2) is 42.3 Å². The van der Waals surface area contributed by atoms with E-state index < -0.39 is 15.4 Å². The fourth-order valence-electron chi connectivity index (χ4n) is 2.79. The minimum absolute atomic E-state index is 0.239. The van der Waals surface area contributed by atoms with Crippen LogP contribution in [0.2, 0.25) is 0 Å². The van der Waals surface area contributed by atoms with Crippen molar-refractivity contribution in [2.24, 2.45) is 0 Å². The van der Waals surface area contributed by atoms with Gasteiger partial charge in [0, 0.05) is 25.2 Å². The van der Waals surface area contributed by atoms with E-state index in [0.717, 1.165) is 4.31 Å². The highest BCUT2D eigenvalue weighted by Gasteiger charge is 2.41. The van der Waals surface area contributed by atoms with Gasteiger partial charge in [0.1, 0.15) is 5.82 Å². The average molecular weight is 349 g/mol. The van der Waals surface area contributed by atoms with Crippen LogP contribution in [0.15, 0.2) is 58.5 Å². The van der Waals surface area contributed by atoms with Gasteiger partial charge in [0.05, 0.1) is 4.91 Å². The number of hydrogen-bond donors (Lipinski definition) is 4. The molecule has 1 aromatic heterocycles. The van der Waals surface area contributed by atoms with E-state index in [1.807, 2.05) is 0 Å². The molecule has 0 saturated carbocycles. The summed E-state index contributed by atoms with van der Waals surface area (Å²) >= 11 is 0. The molecule has 1 aliphatic heterocycles. The van der Waals surface area contributed by atoms with Gasteiger partial charge in [-0.05, 0) is 24.4 Å². The van der Waals surface area contributed by atoms with Crippen molar-refractivity contribution in [2.75, 3.05) is 12.4 Å². The second-order valence-electron chi connectivity index (χ2n) is 5.70. The summed E-state index contributed by atoms with van der Waals surface area (Å²) in [5.74, 6) is 2.94. The van der Waals surface area contributed by atoms with Crippen molar-refractivity contribution in [3.63, 3.8) is 0 Å². The van der Waals surface area contributed by atoms with Crippen molar-refractivity contribution in [2.45, 2.75) is 12.8 Å². The van der Waals surface area contributed by atoms with E-state index in [4.69, 9.17) is 0 Å². The van der Waals surface area contributed by atoms with Gasteiger partial charge in [0.15, 0.2) is 11.5 Å². The van der Waals surface area contributed by atoms with Crippen LogP contribution in [0.3, 0.4) is 0 Å². The molecule has 1 amide bonds. The summed E-state index contributed by atoms with van der Waals surface area (Å²) in [7, 11) is -3.10. The molecule has 2 aliphatic rings. The second-order valence-corrected chi connectivity index (χ2v) is 8.84. The van der Waals surface area contributed by atoms with Crippen LogP contribution < -0.4 is 5.32 Å². The summed E-state index contributed by atoms with van der Waals surface area (Å²) in [6.45, 7) is 0. The molecule has 3 rings (SSSR count). The van der Waals surface area contributed by atoms with Crippen LogP contribution in [0.4, 0.5) is 5.82 Å². The molecule has 0 atom stereocenters. The first-order valence-corrected chi connectivity index (χ1v) is 9.35. The Kier molecular flexibility index (Phi) is 3.63. The number of hydrogen-bond acceptors (Lipinski definition) is 6. The largest absolute Gasteiger partial charge is 0.505 e. The topological polar surface area (TPSA) is 106 Å². The normalized spacial score (nSPS) is 23.3. The highest BCUT2D eigenvalue weighted by atomic mass is 32.3. The smallest absolute Gasteiger partial charge is 0.278 e. The molecule has 4 N–H and O–H groups in total. The molecule has 0 spiro atoms. The van der Waals surface area contributed by atoms with E-state index in [1.165, 1.54) is 13.2 Å². The zero-order valence-corrected chi connectivity index (χ0v) is 14.0. The van der Waals surface area contributed by atoms with Crippen LogP contribution in [0.5, 0.6) is 0 Å². The molecule has 0 aromatic carbocycles. The molecule has 7 nitrogen and oxygen atoms in total. The van der Waals surface area contributed by atoms with Crippen molar-refractivity contribution >= 4 is 27.1 Å². The Morgan fingerprint density at radius 2 is 2.04 bits per heavy atom. The molecule has 1 aromatic rings. The molecule has 0 saturated heterocycles. The van der Waals surface area contributed by atoms with Crippen LogP contribution in [0, 0.1) is 0 Å². The SMILES string of the molecule is C=S1(O)(O)C2=C(CC=CC2)C(O)=C(C(=O)Nc2ccccn2)N1C. The first-order valence-electron chi connectivity index (χ1n) is 7.27. The Balaban J connectivity index is 2.08. The maximum Gasteiger partial charge on any atom is 0.278 e. The maximum absolute atomic E-state index is 12.6. The highest BCUT2D eigenvalue weighted by molar-refractivity contribution is 8.39. The summed E-state index contributed by atoms with van der Waals surface area (Å²) in [4.78, 5) is 16.9. The lowest BCUT2D eigenvalue weighted by molar-refractivity contribution is -0.114. The fraction of sp³-hybridized carbons (Fsp3) is 0.188. The summed E-state index contributed by atoms with van der Waals surface area (Å²) in [5, 5.41) is 13.1. The number of carbonyl (C=O) groups is 1. The van der Waals surface area contributed by atoms with Gasteiger partial charge < -0.3 is 10.4 Å². The molecule has 2 heterocycles. The monoisotopic (exact) mass is 349 g/mol. The summed E-state index contributed by atoms with van der Waals surface area (Å²) in [6, 6.07) is 4.99. The van der Waals surface area contributed by atoms with Gasteiger partial charge in [0.25, 0.3) is 5.91 Å². The lowest BCUT2D eigenvalue weighted by Gasteiger charge is -2.56. The lowest BCUT2D eigenvalue weighted by Crippen LogP contribution is -2.39. The molecule has 0 bridgehead atoms. The zero-order chi connectivity index (χ0) is 17.6. The van der Waals surface area contributed by atoms with E-state index in [2.05, 4.69) is 16.2 Å². The third-order valence-electron chi connectivity index (χ3n) is 4.16. The predicted molar refractivity (Wildman–Crippen MR) is 95.7 cm³/mol. The Hall–Kier alpha value is -2.42. The van der Waals surface area contributed by atoms with E-state index >= 15 is 0 Å². The number of aliphatic hydroxyl groups is 1. The van der Waals surface area contributed by atoms with Crippen molar-refractivity contribution in [1.29, 1.82) is 0 Å². The van der Waals surface area contributed by atoms with Crippen LogP contribution in [0.25, 0.3) is 0 Å². The molecular formula is C16H19N3O4S. The van der Waals surface area contributed by atoms with Crippen LogP contribution in [-0.2, 0) is 4.79 Å². The number of carbonyl (C=O) groups excluding carboxylic acids is 1. The third kappa shape index (κ3) is 2.44. The minimum atomic E-state index is -4.43. The quantitative estimate of drug-likeness (QED) is 0.483. The maximum atomic E-state index is 12.6. The summed E-state index contributed by atoms with van der Waals surface area (Å²) in [5.41, 5.74) is 0.0977. The number of likely N-dealkylation sites (N-methyl/N-ethyl adjacent to an activating group) is 1. The van der Waals surface area contributed by atoms with Crippen LogP contribution >= 0.6 is 9.50 Å². The fourth-order valence-corrected chi connectivity index (χ4v) is 4.80. The van der Waals surface area contributed by atoms with Crippen LogP contribution in [0.1, 0.15) is 12.8 Å². The molecule has 8 heteroatoms. The van der Waals surface area contributed by atoms with Gasteiger partial charge in [-0.15, -0.1) is 0 Å². The predicted octanol–water partition coefficient (Wildman–Crippen LogP) is 2.97. The van der Waals surface area contributed by atoms with Gasteiger partial charge in [0.2, 0.25) is 0 Å². The number of anilines is 1. The number of rotatable bonds is 2. The van der Waals surface area contributed by atoms with Gasteiger partial charge in [-0.2, -0.15) is 9.50 Å². The second kappa shape index (κ2) is 5.30. The molecule has 1 aliphatic carbocycles. The Bertz CT molecular complexity index is 865. The van der Waals surface area contributed by atoms with E-state index in [-0.39, 0.29) is 28.6 Å². The Labute approximate surface area is 139 Å². The van der Waals surface area contributed by atoms with Crippen molar-refractivity contribution in [1.82, 2.24) is 9.29 Å². The molecule has 0 fully saturated rings. The Morgan fingerprint density at radius 1 is 1.33 bits per heavy atom. The number of amides is 1. The minimum Gasteiger partial charge on any atom is -0.505 e. The standard InChI is InChI=1S/C16H19N3O4S/c1-19-14(16(21)18-13-9-5-6-10-17-13)15(20)11-7-3-4-8-12(11)24(19,2,22)23/h3-6,9-10,20,22-23H,2,7-8H2,1H3,(H,17,18,21). The first-order chi connectivity index (χ1) is 11.2. The van der Waals surface area contributed by atoms with E-state index in [0.29, 0.717) is 12.0 Å². The molecule has 24 heavy (non-hydrogen) atoms. The van der Waals surface area contributed by atoms with Crippen molar-refractivity contribution < 1.29 is 19.0 Å². The third-order valence-corrected chi connectivity index (χ3v) is 6.91. The Morgan fingerprint density at radius 3 is 2.71 bits per heavy atom. The number of nitrogens with zero attached hydrogens (tertiary/aromatic N) is 2. The number of aliphatic hydroxyl groups excluding tert-OH is 1. The van der Waals surface area contributed by atoms with Gasteiger partial charge in [-0.3, -0.25) is 18.2 Å².